The number of aromatic carboxylic acids is 1. The zero-order valence-electron chi connectivity index (χ0n) is 22.9. The third-order valence-corrected chi connectivity index (χ3v) is 7.75. The minimum Gasteiger partial charge on any atom is -0.478 e. The lowest BCUT2D eigenvalue weighted by atomic mass is 9.96. The summed E-state index contributed by atoms with van der Waals surface area (Å²) in [6.07, 6.45) is 1.96. The third-order valence-electron chi connectivity index (χ3n) is 7.75. The van der Waals surface area contributed by atoms with Gasteiger partial charge in [-0.1, -0.05) is 30.3 Å². The highest BCUT2D eigenvalue weighted by atomic mass is 16.4. The molecule has 5 rings (SSSR count). The zero-order valence-corrected chi connectivity index (χ0v) is 22.9. The van der Waals surface area contributed by atoms with Gasteiger partial charge in [-0.25, -0.2) is 4.79 Å². The molecule has 0 atom stereocenters. The van der Waals surface area contributed by atoms with Crippen LogP contribution in [0.1, 0.15) is 50.2 Å². The number of nitrogens with zero attached hydrogens (tertiary/aromatic N) is 1. The van der Waals surface area contributed by atoms with Gasteiger partial charge >= 0.3 is 5.97 Å². The number of fused-ring (bicyclic) bond motifs is 1. The molecule has 9 nitrogen and oxygen atoms in total. The molecule has 5 N–H and O–H groups in total. The molecular weight excluding hydrogens is 520 g/mol. The number of likely N-dealkylation sites (tertiary alicyclic amines) is 1. The van der Waals surface area contributed by atoms with Gasteiger partial charge in [0.05, 0.1) is 22.5 Å². The van der Waals surface area contributed by atoms with Crippen LogP contribution >= 0.6 is 0 Å². The lowest BCUT2D eigenvalue weighted by Gasteiger charge is -2.30. The number of hydrogen-bond acceptors (Lipinski definition) is 6. The number of aliphatic hydroxyl groups excluding tert-OH is 1. The van der Waals surface area contributed by atoms with Crippen molar-refractivity contribution >= 4 is 40.4 Å². The van der Waals surface area contributed by atoms with Crippen molar-refractivity contribution in [2.24, 2.45) is 5.92 Å². The summed E-state index contributed by atoms with van der Waals surface area (Å²) in [7, 11) is 0. The molecule has 2 aliphatic rings. The fraction of sp³-hybridized carbons (Fsp3) is 0.281. The van der Waals surface area contributed by atoms with E-state index < -0.39 is 5.97 Å². The smallest absolute Gasteiger partial charge is 0.336 e. The number of amides is 2. The van der Waals surface area contributed by atoms with Gasteiger partial charge in [-0.3, -0.25) is 9.59 Å². The van der Waals surface area contributed by atoms with Gasteiger partial charge in [0.1, 0.15) is 0 Å². The number of anilines is 2. The van der Waals surface area contributed by atoms with Crippen LogP contribution < -0.4 is 16.0 Å². The Hall–Kier alpha value is -4.47. The molecule has 1 saturated heterocycles. The van der Waals surface area contributed by atoms with Gasteiger partial charge in [0.2, 0.25) is 0 Å². The van der Waals surface area contributed by atoms with E-state index in [2.05, 4.69) is 20.9 Å². The van der Waals surface area contributed by atoms with E-state index in [9.17, 15) is 24.6 Å². The summed E-state index contributed by atoms with van der Waals surface area (Å²) in [6, 6.07) is 19.7. The maximum atomic E-state index is 13.2. The molecule has 0 radical (unpaired) electrons. The maximum absolute atomic E-state index is 13.2. The summed E-state index contributed by atoms with van der Waals surface area (Å²) in [4.78, 5) is 39.9. The van der Waals surface area contributed by atoms with Gasteiger partial charge in [-0.05, 0) is 86.3 Å². The van der Waals surface area contributed by atoms with Gasteiger partial charge in [0.15, 0.2) is 0 Å². The minimum absolute atomic E-state index is 0.139. The van der Waals surface area contributed by atoms with Crippen LogP contribution in [0.4, 0.5) is 11.4 Å². The second-order valence-corrected chi connectivity index (χ2v) is 10.5. The monoisotopic (exact) mass is 554 g/mol. The van der Waals surface area contributed by atoms with Gasteiger partial charge in [0, 0.05) is 36.5 Å². The predicted molar refractivity (Wildman–Crippen MR) is 159 cm³/mol. The van der Waals surface area contributed by atoms with E-state index in [1.807, 2.05) is 30.3 Å². The average Bonchev–Trinajstić information content (AvgIpc) is 3.30. The van der Waals surface area contributed by atoms with Gasteiger partial charge in [-0.15, -0.1) is 0 Å². The van der Waals surface area contributed by atoms with E-state index in [0.717, 1.165) is 38.0 Å². The van der Waals surface area contributed by atoms with Crippen LogP contribution in [0.5, 0.6) is 0 Å². The SMILES string of the molecule is Cc1cc2c(cc1C(=O)O)NC(=O)/C2=C(\Nc1ccc(C(=O)NCCN2CCC(CO)CC2)cc1)c1ccccc1. The molecule has 0 unspecified atom stereocenters. The Bertz CT molecular complexity index is 1480. The number of piperidine rings is 1. The zero-order chi connectivity index (χ0) is 28.9. The largest absolute Gasteiger partial charge is 0.478 e. The maximum Gasteiger partial charge on any atom is 0.336 e. The normalized spacial score (nSPS) is 16.6. The lowest BCUT2D eigenvalue weighted by Crippen LogP contribution is -2.40. The van der Waals surface area contributed by atoms with Gasteiger partial charge in [-0.2, -0.15) is 0 Å². The number of rotatable bonds is 9. The molecule has 1 fully saturated rings. The first kappa shape index (κ1) is 28.1. The second-order valence-electron chi connectivity index (χ2n) is 10.5. The number of aliphatic hydroxyl groups is 1. The number of carbonyl (C=O) groups excluding carboxylic acids is 2. The molecule has 0 saturated carbocycles. The van der Waals surface area contributed by atoms with E-state index >= 15 is 0 Å². The molecule has 212 valence electrons. The Morgan fingerprint density at radius 2 is 1.71 bits per heavy atom. The van der Waals surface area contributed by atoms with Gasteiger partial charge in [0.25, 0.3) is 11.8 Å². The number of hydrogen-bond donors (Lipinski definition) is 5. The van der Waals surface area contributed by atoms with Crippen molar-refractivity contribution in [2.45, 2.75) is 19.8 Å². The van der Waals surface area contributed by atoms with Gasteiger partial charge < -0.3 is 31.1 Å². The summed E-state index contributed by atoms with van der Waals surface area (Å²) in [5.41, 5.74) is 4.78. The Kier molecular flexibility index (Phi) is 8.47. The van der Waals surface area contributed by atoms with Crippen molar-refractivity contribution in [3.63, 3.8) is 0 Å². The minimum atomic E-state index is -1.05. The van der Waals surface area contributed by atoms with Crippen LogP contribution in [-0.4, -0.2) is 65.7 Å². The summed E-state index contributed by atoms with van der Waals surface area (Å²) in [5, 5.41) is 28.0. The molecule has 0 aliphatic carbocycles. The van der Waals surface area contributed by atoms with E-state index in [4.69, 9.17) is 0 Å². The highest BCUT2D eigenvalue weighted by molar-refractivity contribution is 6.37. The standard InChI is InChI=1S/C32H34N4O5/c1-20-17-26-27(18-25(20)32(40)41)35-31(39)28(26)29(22-5-3-2-4-6-22)34-24-9-7-23(8-10-24)30(38)33-13-16-36-14-11-21(19-37)12-15-36/h2-10,17-18,21,34,37H,11-16,19H2,1H3,(H,33,38)(H,35,39)(H,40,41)/b29-28-. The van der Waals surface area contributed by atoms with Crippen molar-refractivity contribution in [1.82, 2.24) is 10.2 Å². The van der Waals surface area contributed by atoms with Crippen LogP contribution in [0.25, 0.3) is 11.3 Å². The lowest BCUT2D eigenvalue weighted by molar-refractivity contribution is -0.110. The van der Waals surface area contributed by atoms with Crippen molar-refractivity contribution in [2.75, 3.05) is 43.4 Å². The van der Waals surface area contributed by atoms with E-state index in [1.165, 1.54) is 6.07 Å². The molecule has 3 aromatic rings. The number of benzene rings is 3. The van der Waals surface area contributed by atoms with Crippen molar-refractivity contribution in [3.8, 4) is 0 Å². The van der Waals surface area contributed by atoms with Crippen molar-refractivity contribution in [3.05, 3.63) is 94.5 Å². The highest BCUT2D eigenvalue weighted by Gasteiger charge is 2.30. The first-order chi connectivity index (χ1) is 19.8. The molecule has 9 heteroatoms. The molecule has 3 aromatic carbocycles. The Morgan fingerprint density at radius 1 is 1.00 bits per heavy atom. The first-order valence-electron chi connectivity index (χ1n) is 13.8. The predicted octanol–water partition coefficient (Wildman–Crippen LogP) is 4.06. The number of aryl methyl sites for hydroxylation is 1. The van der Waals surface area contributed by atoms with E-state index in [0.29, 0.717) is 51.8 Å². The summed E-state index contributed by atoms with van der Waals surface area (Å²) < 4.78 is 0. The summed E-state index contributed by atoms with van der Waals surface area (Å²) in [5.74, 6) is -1.15. The summed E-state index contributed by atoms with van der Waals surface area (Å²) >= 11 is 0. The molecule has 2 amide bonds. The van der Waals surface area contributed by atoms with Crippen LogP contribution in [0.3, 0.4) is 0 Å². The molecule has 2 heterocycles. The average molecular weight is 555 g/mol. The first-order valence-corrected chi connectivity index (χ1v) is 13.8. The molecule has 0 aromatic heterocycles. The fourth-order valence-electron chi connectivity index (χ4n) is 5.36. The number of carbonyl (C=O) groups is 3. The highest BCUT2D eigenvalue weighted by Crippen LogP contribution is 2.39. The third kappa shape index (κ3) is 6.32. The van der Waals surface area contributed by atoms with Crippen LogP contribution in [0.2, 0.25) is 0 Å². The van der Waals surface area contributed by atoms with E-state index in [-0.39, 0.29) is 24.0 Å². The summed E-state index contributed by atoms with van der Waals surface area (Å²) in [6.45, 7) is 5.14. The fourth-order valence-corrected chi connectivity index (χ4v) is 5.36. The van der Waals surface area contributed by atoms with Crippen LogP contribution in [0.15, 0.2) is 66.7 Å². The number of carboxylic acid groups (broad SMARTS) is 1. The van der Waals surface area contributed by atoms with E-state index in [1.54, 1.807) is 37.3 Å². The molecule has 0 bridgehead atoms. The quantitative estimate of drug-likeness (QED) is 0.252. The van der Waals surface area contributed by atoms with Crippen LogP contribution in [-0.2, 0) is 4.79 Å². The number of nitrogens with one attached hydrogen (secondary N) is 3. The topological polar surface area (TPSA) is 131 Å². The van der Waals surface area contributed by atoms with Crippen molar-refractivity contribution < 1.29 is 24.6 Å². The Labute approximate surface area is 238 Å². The number of carboxylic acids is 1. The molecular formula is C32H34N4O5. The van der Waals surface area contributed by atoms with Crippen LogP contribution in [0, 0.1) is 12.8 Å². The Morgan fingerprint density at radius 3 is 2.37 bits per heavy atom. The molecule has 41 heavy (non-hydrogen) atoms. The molecule has 0 spiro atoms. The molecule has 2 aliphatic heterocycles. The van der Waals surface area contributed by atoms with Crippen molar-refractivity contribution in [1.29, 1.82) is 0 Å². The second kappa shape index (κ2) is 12.4. The Balaban J connectivity index is 1.33.